The summed E-state index contributed by atoms with van der Waals surface area (Å²) >= 11 is 0. The highest BCUT2D eigenvalue weighted by molar-refractivity contribution is 5.27. The molecule has 2 atom stereocenters. The molecule has 0 amide bonds. The molecule has 2 heteroatoms. The molecule has 1 fully saturated rings. The van der Waals surface area contributed by atoms with E-state index in [-0.39, 0.29) is 0 Å². The first-order chi connectivity index (χ1) is 8.79. The molecule has 100 valence electrons. The molecule has 0 heterocycles. The minimum atomic E-state index is 0.827. The Morgan fingerprint density at radius 3 is 2.61 bits per heavy atom. The van der Waals surface area contributed by atoms with Crippen LogP contribution in [0.5, 0.6) is 5.75 Å². The van der Waals surface area contributed by atoms with Crippen LogP contribution >= 0.6 is 0 Å². The molecule has 1 aromatic carbocycles. The van der Waals surface area contributed by atoms with Gasteiger partial charge in [0.05, 0.1) is 6.61 Å². The van der Waals surface area contributed by atoms with Crippen molar-refractivity contribution in [3.8, 4) is 5.75 Å². The van der Waals surface area contributed by atoms with Gasteiger partial charge in [0.2, 0.25) is 0 Å². The van der Waals surface area contributed by atoms with E-state index >= 15 is 0 Å². The summed E-state index contributed by atoms with van der Waals surface area (Å²) in [6, 6.07) is 8.47. The highest BCUT2D eigenvalue weighted by Crippen LogP contribution is 2.36. The van der Waals surface area contributed by atoms with E-state index in [9.17, 15) is 0 Å². The average Bonchev–Trinajstić information content (AvgIpc) is 3.08. The lowest BCUT2D eigenvalue weighted by Crippen LogP contribution is -2.16. The van der Waals surface area contributed by atoms with E-state index in [2.05, 4.69) is 43.4 Å². The molecule has 2 nitrogen and oxygen atoms in total. The van der Waals surface area contributed by atoms with E-state index in [4.69, 9.17) is 4.74 Å². The summed E-state index contributed by atoms with van der Waals surface area (Å²) in [5.41, 5.74) is 1.34. The van der Waals surface area contributed by atoms with Crippen LogP contribution < -0.4 is 10.1 Å². The summed E-state index contributed by atoms with van der Waals surface area (Å²) in [6.07, 6.45) is 3.71. The molecular weight excluding hydrogens is 222 g/mol. The Hall–Kier alpha value is -1.02. The van der Waals surface area contributed by atoms with Crippen LogP contribution in [0.25, 0.3) is 0 Å². The molecule has 0 bridgehead atoms. The lowest BCUT2D eigenvalue weighted by Gasteiger charge is -2.07. The molecule has 2 unspecified atom stereocenters. The van der Waals surface area contributed by atoms with Crippen molar-refractivity contribution in [3.63, 3.8) is 0 Å². The number of benzene rings is 1. The molecule has 0 aromatic heterocycles. The fourth-order valence-corrected chi connectivity index (χ4v) is 2.12. The van der Waals surface area contributed by atoms with Gasteiger partial charge in [-0.1, -0.05) is 32.4 Å². The van der Waals surface area contributed by atoms with Crippen molar-refractivity contribution in [2.24, 2.45) is 11.8 Å². The van der Waals surface area contributed by atoms with Gasteiger partial charge >= 0.3 is 0 Å². The summed E-state index contributed by atoms with van der Waals surface area (Å²) in [6.45, 7) is 7.47. The summed E-state index contributed by atoms with van der Waals surface area (Å²) in [5, 5.41) is 3.52. The molecule has 0 spiro atoms. The van der Waals surface area contributed by atoms with Crippen LogP contribution in [0.4, 0.5) is 0 Å². The molecule has 1 aliphatic carbocycles. The van der Waals surface area contributed by atoms with Crippen molar-refractivity contribution >= 4 is 0 Å². The maximum Gasteiger partial charge on any atom is 0.119 e. The molecule has 18 heavy (non-hydrogen) atoms. The van der Waals surface area contributed by atoms with E-state index < -0.39 is 0 Å². The number of hydrogen-bond acceptors (Lipinski definition) is 2. The van der Waals surface area contributed by atoms with Crippen molar-refractivity contribution in [1.29, 1.82) is 0 Å². The molecule has 0 radical (unpaired) electrons. The van der Waals surface area contributed by atoms with Gasteiger partial charge in [0.25, 0.3) is 0 Å². The maximum atomic E-state index is 5.65. The average molecular weight is 247 g/mol. The van der Waals surface area contributed by atoms with Gasteiger partial charge in [0, 0.05) is 6.54 Å². The lowest BCUT2D eigenvalue weighted by atomic mass is 10.2. The third-order valence-corrected chi connectivity index (χ3v) is 3.70. The first-order valence-electron chi connectivity index (χ1n) is 7.22. The zero-order chi connectivity index (χ0) is 12.8. The molecule has 0 aliphatic heterocycles. The Morgan fingerprint density at radius 2 is 2.00 bits per heavy atom. The van der Waals surface area contributed by atoms with Gasteiger partial charge < -0.3 is 10.1 Å². The molecule has 2 rings (SSSR count). The van der Waals surface area contributed by atoms with Crippen LogP contribution in [0.2, 0.25) is 0 Å². The highest BCUT2D eigenvalue weighted by atomic mass is 16.5. The normalized spacial score (nSPS) is 21.9. The van der Waals surface area contributed by atoms with Gasteiger partial charge in [-0.2, -0.15) is 0 Å². The largest absolute Gasteiger partial charge is 0.494 e. The van der Waals surface area contributed by atoms with Crippen molar-refractivity contribution < 1.29 is 4.74 Å². The second kappa shape index (κ2) is 6.79. The topological polar surface area (TPSA) is 21.3 Å². The number of hydrogen-bond donors (Lipinski definition) is 1. The van der Waals surface area contributed by atoms with Crippen LogP contribution in [0.15, 0.2) is 24.3 Å². The molecular formula is C16H25NO. The van der Waals surface area contributed by atoms with Crippen LogP contribution in [0.3, 0.4) is 0 Å². The monoisotopic (exact) mass is 247 g/mol. The molecule has 1 N–H and O–H groups in total. The number of ether oxygens (including phenoxy) is 1. The van der Waals surface area contributed by atoms with Gasteiger partial charge in [-0.15, -0.1) is 0 Å². The Balaban J connectivity index is 1.66. The fourth-order valence-electron chi connectivity index (χ4n) is 2.12. The van der Waals surface area contributed by atoms with Crippen LogP contribution in [0, 0.1) is 11.8 Å². The minimum absolute atomic E-state index is 0.827. The predicted octanol–water partition coefficient (Wildman–Crippen LogP) is 3.61. The van der Waals surface area contributed by atoms with Gasteiger partial charge in [-0.25, -0.2) is 0 Å². The molecule has 1 saturated carbocycles. The maximum absolute atomic E-state index is 5.65. The lowest BCUT2D eigenvalue weighted by molar-refractivity contribution is 0.309. The summed E-state index contributed by atoms with van der Waals surface area (Å²) in [5.74, 6) is 2.84. The zero-order valence-corrected chi connectivity index (χ0v) is 11.6. The highest BCUT2D eigenvalue weighted by Gasteiger charge is 2.31. The van der Waals surface area contributed by atoms with Gasteiger partial charge in [-0.3, -0.25) is 0 Å². The summed E-state index contributed by atoms with van der Waals surface area (Å²) in [4.78, 5) is 0. The van der Waals surface area contributed by atoms with Crippen LogP contribution in [-0.4, -0.2) is 13.2 Å². The fraction of sp³-hybridized carbons (Fsp3) is 0.625. The van der Waals surface area contributed by atoms with E-state index in [1.165, 1.54) is 18.4 Å². The third-order valence-electron chi connectivity index (χ3n) is 3.70. The van der Waals surface area contributed by atoms with E-state index in [0.717, 1.165) is 43.7 Å². The predicted molar refractivity (Wildman–Crippen MR) is 75.8 cm³/mol. The molecule has 1 aliphatic rings. The Bertz CT molecular complexity index is 347. The van der Waals surface area contributed by atoms with Gasteiger partial charge in [0.15, 0.2) is 0 Å². The second-order valence-electron chi connectivity index (χ2n) is 5.45. The minimum Gasteiger partial charge on any atom is -0.494 e. The summed E-state index contributed by atoms with van der Waals surface area (Å²) in [7, 11) is 0. The molecule has 1 aromatic rings. The Labute approximate surface area is 111 Å². The Kier molecular flexibility index (Phi) is 5.06. The SMILES string of the molecule is CCCCOc1ccc(CNCC2CC2C)cc1. The third kappa shape index (κ3) is 4.34. The first kappa shape index (κ1) is 13.4. The van der Waals surface area contributed by atoms with Crippen molar-refractivity contribution in [2.75, 3.05) is 13.2 Å². The second-order valence-corrected chi connectivity index (χ2v) is 5.45. The van der Waals surface area contributed by atoms with Crippen molar-refractivity contribution in [3.05, 3.63) is 29.8 Å². The van der Waals surface area contributed by atoms with Crippen molar-refractivity contribution in [2.45, 2.75) is 39.7 Å². The summed E-state index contributed by atoms with van der Waals surface area (Å²) < 4.78 is 5.65. The van der Waals surface area contributed by atoms with Crippen molar-refractivity contribution in [1.82, 2.24) is 5.32 Å². The van der Waals surface area contributed by atoms with Crippen LogP contribution in [-0.2, 0) is 6.54 Å². The Morgan fingerprint density at radius 1 is 1.28 bits per heavy atom. The smallest absolute Gasteiger partial charge is 0.119 e. The quantitative estimate of drug-likeness (QED) is 0.709. The zero-order valence-electron chi connectivity index (χ0n) is 11.6. The van der Waals surface area contributed by atoms with E-state index in [0.29, 0.717) is 0 Å². The van der Waals surface area contributed by atoms with E-state index in [1.54, 1.807) is 0 Å². The van der Waals surface area contributed by atoms with Gasteiger partial charge in [-0.05, 0) is 48.9 Å². The van der Waals surface area contributed by atoms with Gasteiger partial charge in [0.1, 0.15) is 5.75 Å². The standard InChI is InChI=1S/C16H25NO/c1-3-4-9-18-16-7-5-14(6-8-16)11-17-12-15-10-13(15)2/h5-8,13,15,17H,3-4,9-12H2,1-2H3. The van der Waals surface area contributed by atoms with E-state index in [1.807, 2.05) is 0 Å². The number of rotatable bonds is 8. The van der Waals surface area contributed by atoms with Crippen LogP contribution in [0.1, 0.15) is 38.7 Å². The molecule has 0 saturated heterocycles. The number of nitrogens with one attached hydrogen (secondary N) is 1. The first-order valence-corrected chi connectivity index (χ1v) is 7.22. The number of unbranched alkanes of at least 4 members (excludes halogenated alkanes) is 1.